The standard InChI is InChI=1S/C23H15Cl2N3O4/c1-13-5-8-16(25)12-19(13)26-21-20(14-6-9-17(10-7-14)28(31)32)22(29)27(23(21)30)18-4-2-3-15(24)11-18/h2-12,26H,1H3. The third kappa shape index (κ3) is 3.95. The van der Waals surface area contributed by atoms with Crippen molar-refractivity contribution in [3.63, 3.8) is 0 Å². The second-order valence-electron chi connectivity index (χ2n) is 7.06. The fourth-order valence-electron chi connectivity index (χ4n) is 3.38. The lowest BCUT2D eigenvalue weighted by Gasteiger charge is -2.16. The van der Waals surface area contributed by atoms with Gasteiger partial charge in [-0.05, 0) is 60.5 Å². The normalized spacial score (nSPS) is 13.7. The number of anilines is 2. The summed E-state index contributed by atoms with van der Waals surface area (Å²) in [7, 11) is 0. The Morgan fingerprint density at radius 3 is 2.25 bits per heavy atom. The molecule has 0 fully saturated rings. The summed E-state index contributed by atoms with van der Waals surface area (Å²) < 4.78 is 0. The van der Waals surface area contributed by atoms with Crippen LogP contribution in [-0.2, 0) is 9.59 Å². The SMILES string of the molecule is Cc1ccc(Cl)cc1NC1=C(c2ccc([N+](=O)[O-])cc2)C(=O)N(c2cccc(Cl)c2)C1=O. The van der Waals surface area contributed by atoms with Gasteiger partial charge in [-0.15, -0.1) is 0 Å². The third-order valence-corrected chi connectivity index (χ3v) is 5.45. The summed E-state index contributed by atoms with van der Waals surface area (Å²) in [6.45, 7) is 1.83. The zero-order valence-corrected chi connectivity index (χ0v) is 18.1. The Morgan fingerprint density at radius 1 is 0.906 bits per heavy atom. The first-order valence-electron chi connectivity index (χ1n) is 9.43. The molecule has 160 valence electrons. The number of nitrogens with zero attached hydrogens (tertiary/aromatic N) is 2. The molecule has 0 spiro atoms. The van der Waals surface area contributed by atoms with Crippen LogP contribution in [-0.4, -0.2) is 16.7 Å². The number of carbonyl (C=O) groups excluding carboxylic acids is 2. The van der Waals surface area contributed by atoms with Gasteiger partial charge in [0.2, 0.25) is 0 Å². The molecule has 4 rings (SSSR count). The van der Waals surface area contributed by atoms with E-state index in [1.165, 1.54) is 30.3 Å². The number of imide groups is 1. The topological polar surface area (TPSA) is 92.6 Å². The quantitative estimate of drug-likeness (QED) is 0.299. The zero-order chi connectivity index (χ0) is 23.0. The molecule has 32 heavy (non-hydrogen) atoms. The minimum atomic E-state index is -0.579. The van der Waals surface area contributed by atoms with Crippen molar-refractivity contribution in [3.8, 4) is 0 Å². The van der Waals surface area contributed by atoms with Crippen LogP contribution < -0.4 is 10.2 Å². The molecular weight excluding hydrogens is 453 g/mol. The maximum Gasteiger partial charge on any atom is 0.282 e. The lowest BCUT2D eigenvalue weighted by atomic mass is 10.0. The summed E-state index contributed by atoms with van der Waals surface area (Å²) in [5, 5.41) is 14.9. The van der Waals surface area contributed by atoms with Crippen LogP contribution in [0.15, 0.2) is 72.4 Å². The van der Waals surface area contributed by atoms with Crippen molar-refractivity contribution in [2.45, 2.75) is 6.92 Å². The molecular formula is C23H15Cl2N3O4. The second-order valence-corrected chi connectivity index (χ2v) is 7.94. The molecule has 0 saturated heterocycles. The lowest BCUT2D eigenvalue weighted by molar-refractivity contribution is -0.384. The first kappa shape index (κ1) is 21.5. The van der Waals surface area contributed by atoms with Gasteiger partial charge in [-0.1, -0.05) is 35.3 Å². The second kappa shape index (κ2) is 8.45. The summed E-state index contributed by atoms with van der Waals surface area (Å²) in [5.74, 6) is -1.15. The van der Waals surface area contributed by atoms with Gasteiger partial charge in [0.1, 0.15) is 5.70 Å². The number of benzene rings is 3. The van der Waals surface area contributed by atoms with Crippen LogP contribution in [0.3, 0.4) is 0 Å². The van der Waals surface area contributed by atoms with Crippen LogP contribution in [0.1, 0.15) is 11.1 Å². The average molecular weight is 468 g/mol. The fourth-order valence-corrected chi connectivity index (χ4v) is 3.73. The van der Waals surface area contributed by atoms with Gasteiger partial charge in [-0.3, -0.25) is 19.7 Å². The van der Waals surface area contributed by atoms with Gasteiger partial charge in [0, 0.05) is 27.9 Å². The summed E-state index contributed by atoms with van der Waals surface area (Å²) in [6, 6.07) is 17.0. The van der Waals surface area contributed by atoms with Crippen LogP contribution in [0.2, 0.25) is 10.0 Å². The van der Waals surface area contributed by atoms with Crippen LogP contribution in [0.4, 0.5) is 17.1 Å². The van der Waals surface area contributed by atoms with E-state index in [4.69, 9.17) is 23.2 Å². The molecule has 0 aliphatic carbocycles. The number of nitro groups is 1. The number of non-ortho nitro benzene ring substituents is 1. The van der Waals surface area contributed by atoms with Gasteiger partial charge in [0.25, 0.3) is 17.5 Å². The van der Waals surface area contributed by atoms with Gasteiger partial charge in [-0.2, -0.15) is 0 Å². The van der Waals surface area contributed by atoms with E-state index in [1.807, 2.05) is 6.92 Å². The first-order chi connectivity index (χ1) is 15.3. The Kier molecular flexibility index (Phi) is 5.69. The number of rotatable bonds is 5. The van der Waals surface area contributed by atoms with Crippen molar-refractivity contribution in [1.82, 2.24) is 0 Å². The molecule has 1 aliphatic rings. The number of hydrogen-bond donors (Lipinski definition) is 1. The molecule has 7 nitrogen and oxygen atoms in total. The molecule has 1 heterocycles. The van der Waals surface area contributed by atoms with E-state index in [1.54, 1.807) is 36.4 Å². The maximum absolute atomic E-state index is 13.4. The van der Waals surface area contributed by atoms with Crippen molar-refractivity contribution < 1.29 is 14.5 Å². The molecule has 1 N–H and O–H groups in total. The highest BCUT2D eigenvalue weighted by atomic mass is 35.5. The van der Waals surface area contributed by atoms with Crippen molar-refractivity contribution in [2.75, 3.05) is 10.2 Å². The molecule has 0 saturated carbocycles. The van der Waals surface area contributed by atoms with Gasteiger partial charge in [-0.25, -0.2) is 4.90 Å². The van der Waals surface area contributed by atoms with Crippen molar-refractivity contribution in [2.24, 2.45) is 0 Å². The molecule has 3 aromatic rings. The molecule has 9 heteroatoms. The summed E-state index contributed by atoms with van der Waals surface area (Å²) in [4.78, 5) is 38.3. The molecule has 1 aliphatic heterocycles. The highest BCUT2D eigenvalue weighted by Crippen LogP contribution is 2.35. The Labute approximate surface area is 193 Å². The minimum absolute atomic E-state index is 0.0363. The average Bonchev–Trinajstić information content (AvgIpc) is 3.00. The van der Waals surface area contributed by atoms with Gasteiger partial charge in [0.05, 0.1) is 16.2 Å². The molecule has 3 aromatic carbocycles. The fraction of sp³-hybridized carbons (Fsp3) is 0.0435. The Morgan fingerprint density at radius 2 is 1.59 bits per heavy atom. The lowest BCUT2D eigenvalue weighted by Crippen LogP contribution is -2.32. The third-order valence-electron chi connectivity index (χ3n) is 4.98. The van der Waals surface area contributed by atoms with E-state index in [2.05, 4.69) is 5.32 Å². The largest absolute Gasteiger partial charge is 0.350 e. The van der Waals surface area contributed by atoms with Crippen LogP contribution in [0, 0.1) is 17.0 Å². The molecule has 0 radical (unpaired) electrons. The van der Waals surface area contributed by atoms with Crippen LogP contribution in [0.5, 0.6) is 0 Å². The Hall–Kier alpha value is -3.68. The number of aryl methyl sites for hydroxylation is 1. The minimum Gasteiger partial charge on any atom is -0.350 e. The Balaban J connectivity index is 1.85. The summed E-state index contributed by atoms with van der Waals surface area (Å²) >= 11 is 12.2. The number of halogens is 2. The molecule has 0 atom stereocenters. The van der Waals surface area contributed by atoms with Gasteiger partial charge < -0.3 is 5.32 Å². The van der Waals surface area contributed by atoms with Gasteiger partial charge in [0.15, 0.2) is 0 Å². The van der Waals surface area contributed by atoms with Crippen molar-refractivity contribution in [3.05, 3.63) is 104 Å². The van der Waals surface area contributed by atoms with E-state index < -0.39 is 16.7 Å². The van der Waals surface area contributed by atoms with E-state index in [0.29, 0.717) is 27.0 Å². The van der Waals surface area contributed by atoms with Gasteiger partial charge >= 0.3 is 0 Å². The highest BCUT2D eigenvalue weighted by molar-refractivity contribution is 6.46. The molecule has 0 bridgehead atoms. The van der Waals surface area contributed by atoms with E-state index in [-0.39, 0.29) is 17.0 Å². The molecule has 0 unspecified atom stereocenters. The van der Waals surface area contributed by atoms with E-state index in [9.17, 15) is 19.7 Å². The molecule has 2 amide bonds. The van der Waals surface area contributed by atoms with Crippen LogP contribution in [0.25, 0.3) is 5.57 Å². The number of carbonyl (C=O) groups is 2. The van der Waals surface area contributed by atoms with Crippen molar-refractivity contribution >= 4 is 57.7 Å². The van der Waals surface area contributed by atoms with E-state index >= 15 is 0 Å². The first-order valence-corrected chi connectivity index (χ1v) is 10.2. The maximum atomic E-state index is 13.4. The summed E-state index contributed by atoms with van der Waals surface area (Å²) in [5.41, 5.74) is 2.04. The predicted octanol–water partition coefficient (Wildman–Crippen LogP) is 5.61. The smallest absolute Gasteiger partial charge is 0.282 e. The van der Waals surface area contributed by atoms with Crippen molar-refractivity contribution in [1.29, 1.82) is 0 Å². The molecule has 0 aromatic heterocycles. The number of hydrogen-bond acceptors (Lipinski definition) is 5. The number of nitro benzene ring substituents is 1. The van der Waals surface area contributed by atoms with Crippen LogP contribution >= 0.6 is 23.2 Å². The number of amides is 2. The summed E-state index contributed by atoms with van der Waals surface area (Å²) in [6.07, 6.45) is 0. The monoisotopic (exact) mass is 467 g/mol. The predicted molar refractivity (Wildman–Crippen MR) is 124 cm³/mol. The highest BCUT2D eigenvalue weighted by Gasteiger charge is 2.40. The Bertz CT molecular complexity index is 1300. The zero-order valence-electron chi connectivity index (χ0n) is 16.6. The van der Waals surface area contributed by atoms with E-state index in [0.717, 1.165) is 10.5 Å². The number of nitrogens with one attached hydrogen (secondary N) is 1.